The molecule has 1 saturated heterocycles. The van der Waals surface area contributed by atoms with Crippen molar-refractivity contribution in [3.05, 3.63) is 46.1 Å². The zero-order valence-electron chi connectivity index (χ0n) is 22.4. The maximum absolute atomic E-state index is 12.3. The van der Waals surface area contributed by atoms with Gasteiger partial charge in [-0.25, -0.2) is 4.98 Å². The summed E-state index contributed by atoms with van der Waals surface area (Å²) in [4.78, 5) is 23.8. The summed E-state index contributed by atoms with van der Waals surface area (Å²) in [6.45, 7) is 9.44. The lowest BCUT2D eigenvalue weighted by Gasteiger charge is -2.57. The van der Waals surface area contributed by atoms with Gasteiger partial charge in [0.25, 0.3) is 0 Å². The van der Waals surface area contributed by atoms with Gasteiger partial charge in [0.15, 0.2) is 5.65 Å². The summed E-state index contributed by atoms with van der Waals surface area (Å²) < 4.78 is 4.16. The SMILES string of the molecule is Cc1cc(N2CCc3c(c(C)nn3CC3=C4CC(N5CCN(C)C(=O)C5)(CC3)C4)C2)c2cnn(C)c2n1. The molecule has 2 fully saturated rings. The lowest BCUT2D eigenvalue weighted by Crippen LogP contribution is -2.63. The van der Waals surface area contributed by atoms with Crippen LogP contribution in [0.15, 0.2) is 23.4 Å². The first kappa shape index (κ1) is 23.0. The van der Waals surface area contributed by atoms with Crippen LogP contribution >= 0.6 is 0 Å². The van der Waals surface area contributed by atoms with Gasteiger partial charge in [0.2, 0.25) is 5.91 Å². The maximum Gasteiger partial charge on any atom is 0.236 e. The largest absolute Gasteiger partial charge is 0.366 e. The van der Waals surface area contributed by atoms with Crippen molar-refractivity contribution in [3.8, 4) is 0 Å². The second-order valence-electron chi connectivity index (χ2n) is 11.6. The van der Waals surface area contributed by atoms with Crippen molar-refractivity contribution in [3.63, 3.8) is 0 Å². The van der Waals surface area contributed by atoms with E-state index in [2.05, 4.69) is 39.5 Å². The van der Waals surface area contributed by atoms with Crippen LogP contribution in [-0.4, -0.2) is 79.0 Å². The molecule has 0 spiro atoms. The number of carbonyl (C=O) groups is 1. The number of aryl methyl sites for hydroxylation is 3. The lowest BCUT2D eigenvalue weighted by molar-refractivity contribution is -0.139. The van der Waals surface area contributed by atoms with Crippen LogP contribution in [0.4, 0.5) is 5.69 Å². The van der Waals surface area contributed by atoms with E-state index in [0.29, 0.717) is 6.54 Å². The molecule has 0 unspecified atom stereocenters. The fourth-order valence-corrected chi connectivity index (χ4v) is 7.13. The van der Waals surface area contributed by atoms with Crippen LogP contribution in [0.25, 0.3) is 11.0 Å². The molecule has 1 saturated carbocycles. The molecule has 3 aromatic heterocycles. The molecule has 0 atom stereocenters. The third-order valence-electron chi connectivity index (χ3n) is 9.43. The number of hydrogen-bond donors (Lipinski definition) is 0. The first-order valence-electron chi connectivity index (χ1n) is 13.6. The van der Waals surface area contributed by atoms with Crippen molar-refractivity contribution in [2.75, 3.05) is 38.1 Å². The molecule has 0 aromatic carbocycles. The van der Waals surface area contributed by atoms with E-state index in [0.717, 1.165) is 80.8 Å². The summed E-state index contributed by atoms with van der Waals surface area (Å²) in [6.07, 6.45) is 7.51. The molecule has 0 radical (unpaired) electrons. The smallest absolute Gasteiger partial charge is 0.236 e. The number of amides is 1. The minimum atomic E-state index is 0.232. The normalized spacial score (nSPS) is 21.6. The molecule has 194 valence electrons. The number of pyridine rings is 1. The molecule has 3 aromatic rings. The Labute approximate surface area is 217 Å². The highest BCUT2D eigenvalue weighted by Crippen LogP contribution is 2.52. The van der Waals surface area contributed by atoms with Gasteiger partial charge in [0.1, 0.15) is 0 Å². The first-order chi connectivity index (χ1) is 17.8. The predicted octanol–water partition coefficient (Wildman–Crippen LogP) is 2.74. The Hall–Kier alpha value is -3.20. The fourth-order valence-electron chi connectivity index (χ4n) is 7.13. The molecule has 0 N–H and O–H groups in total. The van der Waals surface area contributed by atoms with Crippen molar-refractivity contribution in [2.24, 2.45) is 7.05 Å². The van der Waals surface area contributed by atoms with Crippen LogP contribution < -0.4 is 4.90 Å². The Kier molecular flexibility index (Phi) is 5.06. The molecule has 5 heterocycles. The number of carbonyl (C=O) groups excluding carboxylic acids is 1. The van der Waals surface area contributed by atoms with Crippen LogP contribution in [0.5, 0.6) is 0 Å². The van der Waals surface area contributed by atoms with E-state index in [1.54, 1.807) is 11.1 Å². The highest BCUT2D eigenvalue weighted by Gasteiger charge is 2.50. The molecule has 9 nitrogen and oxygen atoms in total. The average molecular weight is 501 g/mol. The zero-order valence-corrected chi connectivity index (χ0v) is 22.4. The number of allylic oxidation sites excluding steroid dienone is 1. The van der Waals surface area contributed by atoms with Crippen molar-refractivity contribution < 1.29 is 4.79 Å². The third-order valence-corrected chi connectivity index (χ3v) is 9.43. The van der Waals surface area contributed by atoms with Crippen LogP contribution in [0.1, 0.15) is 48.3 Å². The van der Waals surface area contributed by atoms with E-state index >= 15 is 0 Å². The van der Waals surface area contributed by atoms with Crippen molar-refractivity contribution in [1.29, 1.82) is 0 Å². The van der Waals surface area contributed by atoms with E-state index in [9.17, 15) is 4.79 Å². The molecule has 8 rings (SSSR count). The van der Waals surface area contributed by atoms with Crippen molar-refractivity contribution in [2.45, 2.75) is 64.6 Å². The summed E-state index contributed by atoms with van der Waals surface area (Å²) in [7, 11) is 3.88. The topological polar surface area (TPSA) is 75.3 Å². The van der Waals surface area contributed by atoms with Gasteiger partial charge in [-0.2, -0.15) is 10.2 Å². The van der Waals surface area contributed by atoms with E-state index < -0.39 is 0 Å². The van der Waals surface area contributed by atoms with E-state index in [1.165, 1.54) is 23.4 Å². The van der Waals surface area contributed by atoms with Gasteiger partial charge >= 0.3 is 0 Å². The zero-order chi connectivity index (χ0) is 25.5. The fraction of sp³-hybridized carbons (Fsp3) is 0.571. The third kappa shape index (κ3) is 3.54. The number of fused-ring (bicyclic) bond motifs is 4. The molecule has 2 aliphatic heterocycles. The molecular formula is C28H36N8O. The number of likely N-dealkylation sites (N-methyl/N-ethyl adjacent to an activating group) is 1. The number of anilines is 1. The summed E-state index contributed by atoms with van der Waals surface area (Å²) in [6, 6.07) is 2.19. The average Bonchev–Trinajstić information content (AvgIpc) is 3.39. The molecule has 37 heavy (non-hydrogen) atoms. The van der Waals surface area contributed by atoms with Crippen molar-refractivity contribution >= 4 is 22.6 Å². The minimum Gasteiger partial charge on any atom is -0.366 e. The van der Waals surface area contributed by atoms with E-state index in [4.69, 9.17) is 10.1 Å². The quantitative estimate of drug-likeness (QED) is 0.513. The Morgan fingerprint density at radius 2 is 1.89 bits per heavy atom. The molecule has 9 heteroatoms. The molecule has 1 amide bonds. The second-order valence-corrected chi connectivity index (χ2v) is 11.6. The van der Waals surface area contributed by atoms with Gasteiger partial charge in [-0.1, -0.05) is 5.57 Å². The van der Waals surface area contributed by atoms with Crippen LogP contribution in [0.3, 0.4) is 0 Å². The predicted molar refractivity (Wildman–Crippen MR) is 142 cm³/mol. The van der Waals surface area contributed by atoms with Crippen molar-refractivity contribution in [1.82, 2.24) is 34.3 Å². The molecule has 3 aliphatic carbocycles. The maximum atomic E-state index is 12.3. The van der Waals surface area contributed by atoms with E-state index in [-0.39, 0.29) is 11.4 Å². The van der Waals surface area contributed by atoms with E-state index in [1.807, 2.05) is 29.9 Å². The summed E-state index contributed by atoms with van der Waals surface area (Å²) in [5.74, 6) is 0.266. The minimum absolute atomic E-state index is 0.232. The monoisotopic (exact) mass is 500 g/mol. The first-order valence-corrected chi connectivity index (χ1v) is 13.6. The Morgan fingerprint density at radius 3 is 2.65 bits per heavy atom. The molecule has 2 bridgehead atoms. The van der Waals surface area contributed by atoms with Crippen LogP contribution in [0, 0.1) is 13.8 Å². The van der Waals surface area contributed by atoms with Gasteiger partial charge < -0.3 is 9.80 Å². The highest BCUT2D eigenvalue weighted by atomic mass is 16.2. The van der Waals surface area contributed by atoms with Gasteiger partial charge in [0.05, 0.1) is 36.1 Å². The van der Waals surface area contributed by atoms with Gasteiger partial charge in [-0.05, 0) is 51.2 Å². The Balaban J connectivity index is 1.10. The van der Waals surface area contributed by atoms with Crippen LogP contribution in [0.2, 0.25) is 0 Å². The number of aromatic nitrogens is 5. The molecule has 5 aliphatic rings. The highest BCUT2D eigenvalue weighted by molar-refractivity contribution is 5.89. The Morgan fingerprint density at radius 1 is 1.05 bits per heavy atom. The number of hydrogen-bond acceptors (Lipinski definition) is 6. The summed E-state index contributed by atoms with van der Waals surface area (Å²) in [5, 5.41) is 10.6. The summed E-state index contributed by atoms with van der Waals surface area (Å²) in [5.41, 5.74) is 10.5. The van der Waals surface area contributed by atoms with Gasteiger partial charge in [0, 0.05) is 69.2 Å². The van der Waals surface area contributed by atoms with Gasteiger partial charge in [-0.3, -0.25) is 19.1 Å². The standard InChI is InChI=1S/C28H36N8O/c1-18-11-25(22-14-29-33(4)27(22)30-18)34-8-6-24-23(16-34)19(2)31-36(24)15-20-5-7-28(12-21(20)13-28)35-10-9-32(3)26(37)17-35/h11,14H,5-10,12-13,15-17H2,1-4H3. The molecular weight excluding hydrogens is 464 g/mol. The number of rotatable bonds is 4. The van der Waals surface area contributed by atoms with Gasteiger partial charge in [-0.15, -0.1) is 0 Å². The second kappa shape index (κ2) is 8.15. The lowest BCUT2D eigenvalue weighted by atomic mass is 9.61. The number of nitrogens with zero attached hydrogens (tertiary/aromatic N) is 8. The Bertz CT molecular complexity index is 1450. The van der Waals surface area contributed by atoms with Crippen LogP contribution in [-0.2, 0) is 31.4 Å². The number of piperazine rings is 1. The summed E-state index contributed by atoms with van der Waals surface area (Å²) >= 11 is 0.